The second-order valence-corrected chi connectivity index (χ2v) is 4.79. The van der Waals surface area contributed by atoms with E-state index >= 15 is 0 Å². The lowest BCUT2D eigenvalue weighted by Gasteiger charge is -2.20. The van der Waals surface area contributed by atoms with Crippen molar-refractivity contribution in [1.82, 2.24) is 4.90 Å². The van der Waals surface area contributed by atoms with Gasteiger partial charge in [-0.1, -0.05) is 12.1 Å². The van der Waals surface area contributed by atoms with Crippen LogP contribution in [0.15, 0.2) is 24.3 Å². The van der Waals surface area contributed by atoms with Gasteiger partial charge in [0, 0.05) is 20.7 Å². The average Bonchev–Trinajstić information content (AvgIpc) is 2.29. The molecule has 100 valence electrons. The van der Waals surface area contributed by atoms with E-state index in [-0.39, 0.29) is 23.5 Å². The number of carbonyl (C=O) groups is 1. The molecule has 1 atom stereocenters. The monoisotopic (exact) mass is 271 g/mol. The molecule has 0 aliphatic carbocycles. The van der Waals surface area contributed by atoms with E-state index in [1.807, 2.05) is 0 Å². The van der Waals surface area contributed by atoms with Gasteiger partial charge in [-0.15, -0.1) is 11.6 Å². The van der Waals surface area contributed by atoms with Crippen LogP contribution >= 0.6 is 11.6 Å². The molecular weight excluding hydrogens is 254 g/mol. The third kappa shape index (κ3) is 4.94. The number of rotatable bonds is 6. The van der Waals surface area contributed by atoms with Crippen molar-refractivity contribution in [3.63, 3.8) is 0 Å². The minimum atomic E-state index is -0.215. The summed E-state index contributed by atoms with van der Waals surface area (Å²) in [4.78, 5) is 13.5. The van der Waals surface area contributed by atoms with Crippen LogP contribution in [0.1, 0.15) is 5.56 Å². The Hall–Kier alpha value is -1.26. The number of hydrogen-bond acceptors (Lipinski definition) is 3. The first kappa shape index (κ1) is 14.8. The van der Waals surface area contributed by atoms with E-state index in [1.165, 1.54) is 0 Å². The topological polar surface area (TPSA) is 49.8 Å². The van der Waals surface area contributed by atoms with Crippen LogP contribution in [0.3, 0.4) is 0 Å². The predicted molar refractivity (Wildman–Crippen MR) is 71.0 cm³/mol. The molecule has 0 aliphatic heterocycles. The zero-order valence-electron chi connectivity index (χ0n) is 10.6. The van der Waals surface area contributed by atoms with Gasteiger partial charge in [-0.3, -0.25) is 4.79 Å². The fourth-order valence-electron chi connectivity index (χ4n) is 1.61. The molecular formula is C13H18ClNO3. The highest BCUT2D eigenvalue weighted by molar-refractivity contribution is 6.21. The number of phenolic OH excluding ortho intramolecular Hbond substituents is 1. The maximum absolute atomic E-state index is 11.9. The summed E-state index contributed by atoms with van der Waals surface area (Å²) >= 11 is 5.99. The summed E-state index contributed by atoms with van der Waals surface area (Å²) in [6.45, 7) is 0.846. The molecule has 1 aromatic carbocycles. The van der Waals surface area contributed by atoms with Crippen LogP contribution in [0.2, 0.25) is 0 Å². The van der Waals surface area contributed by atoms with Gasteiger partial charge < -0.3 is 14.7 Å². The number of hydrogen-bond donors (Lipinski definition) is 1. The lowest BCUT2D eigenvalue weighted by Crippen LogP contribution is -2.34. The third-order valence-corrected chi connectivity index (χ3v) is 2.78. The zero-order chi connectivity index (χ0) is 13.5. The standard InChI is InChI=1S/C13H18ClNO3/c1-15(8-11(14)9-18-2)13(17)7-10-4-3-5-12(16)6-10/h3-6,11,16H,7-9H2,1-2H3. The first-order valence-electron chi connectivity index (χ1n) is 5.67. The lowest BCUT2D eigenvalue weighted by atomic mass is 10.1. The molecule has 0 aromatic heterocycles. The maximum Gasteiger partial charge on any atom is 0.226 e. The van der Waals surface area contributed by atoms with Crippen LogP contribution in [0, 0.1) is 0 Å². The number of phenols is 1. The van der Waals surface area contributed by atoms with Crippen molar-refractivity contribution >= 4 is 17.5 Å². The SMILES string of the molecule is COCC(Cl)CN(C)C(=O)Cc1cccc(O)c1. The van der Waals surface area contributed by atoms with Crippen LogP contribution in [-0.4, -0.2) is 48.6 Å². The highest BCUT2D eigenvalue weighted by Crippen LogP contribution is 2.12. The van der Waals surface area contributed by atoms with Crippen molar-refractivity contribution in [2.45, 2.75) is 11.8 Å². The van der Waals surface area contributed by atoms with E-state index < -0.39 is 0 Å². The quantitative estimate of drug-likeness (QED) is 0.801. The van der Waals surface area contributed by atoms with Crippen LogP contribution in [0.5, 0.6) is 5.75 Å². The molecule has 0 heterocycles. The first-order valence-corrected chi connectivity index (χ1v) is 6.11. The van der Waals surface area contributed by atoms with Crippen LogP contribution in [0.25, 0.3) is 0 Å². The van der Waals surface area contributed by atoms with E-state index in [0.717, 1.165) is 5.56 Å². The van der Waals surface area contributed by atoms with Gasteiger partial charge in [0.25, 0.3) is 0 Å². The van der Waals surface area contributed by atoms with E-state index in [9.17, 15) is 9.90 Å². The number of carbonyl (C=O) groups excluding carboxylic acids is 1. The molecule has 0 saturated carbocycles. The number of halogens is 1. The Morgan fingerprint density at radius 2 is 2.28 bits per heavy atom. The summed E-state index contributed by atoms with van der Waals surface area (Å²) in [7, 11) is 3.28. The zero-order valence-corrected chi connectivity index (χ0v) is 11.4. The summed E-state index contributed by atoms with van der Waals surface area (Å²) in [5.74, 6) is 0.125. The summed E-state index contributed by atoms with van der Waals surface area (Å²) in [6.07, 6.45) is 0.251. The summed E-state index contributed by atoms with van der Waals surface area (Å²) in [5, 5.41) is 9.10. The van der Waals surface area contributed by atoms with Crippen molar-refractivity contribution in [2.24, 2.45) is 0 Å². The molecule has 4 nitrogen and oxygen atoms in total. The van der Waals surface area contributed by atoms with Gasteiger partial charge in [-0.25, -0.2) is 0 Å². The number of aromatic hydroxyl groups is 1. The summed E-state index contributed by atoms with van der Waals surface area (Å²) < 4.78 is 4.92. The summed E-state index contributed by atoms with van der Waals surface area (Å²) in [5.41, 5.74) is 0.782. The molecule has 0 aliphatic rings. The molecule has 18 heavy (non-hydrogen) atoms. The minimum Gasteiger partial charge on any atom is -0.508 e. The van der Waals surface area contributed by atoms with Gasteiger partial charge in [0.1, 0.15) is 5.75 Å². The average molecular weight is 272 g/mol. The van der Waals surface area contributed by atoms with Gasteiger partial charge in [0.2, 0.25) is 5.91 Å². The van der Waals surface area contributed by atoms with Gasteiger partial charge in [-0.2, -0.15) is 0 Å². The van der Waals surface area contributed by atoms with Gasteiger partial charge in [0.05, 0.1) is 18.4 Å². The molecule has 0 bridgehead atoms. The van der Waals surface area contributed by atoms with Crippen molar-refractivity contribution < 1.29 is 14.6 Å². The van der Waals surface area contributed by atoms with Crippen LogP contribution in [0.4, 0.5) is 0 Å². The highest BCUT2D eigenvalue weighted by Gasteiger charge is 2.14. The molecule has 1 N–H and O–H groups in total. The fraction of sp³-hybridized carbons (Fsp3) is 0.462. The highest BCUT2D eigenvalue weighted by atomic mass is 35.5. The van der Waals surface area contributed by atoms with E-state index in [1.54, 1.807) is 43.3 Å². The third-order valence-electron chi connectivity index (χ3n) is 2.51. The van der Waals surface area contributed by atoms with Crippen LogP contribution in [-0.2, 0) is 16.0 Å². The van der Waals surface area contributed by atoms with Gasteiger partial charge in [-0.05, 0) is 17.7 Å². The first-order chi connectivity index (χ1) is 8.52. The normalized spacial score (nSPS) is 12.2. The van der Waals surface area contributed by atoms with Gasteiger partial charge >= 0.3 is 0 Å². The van der Waals surface area contributed by atoms with Crippen molar-refractivity contribution in [3.8, 4) is 5.75 Å². The van der Waals surface area contributed by atoms with Crippen molar-refractivity contribution in [1.29, 1.82) is 0 Å². The van der Waals surface area contributed by atoms with Crippen molar-refractivity contribution in [3.05, 3.63) is 29.8 Å². The number of likely N-dealkylation sites (N-methyl/N-ethyl adjacent to an activating group) is 1. The van der Waals surface area contributed by atoms with Crippen molar-refractivity contribution in [2.75, 3.05) is 27.3 Å². The Balaban J connectivity index is 2.49. The smallest absolute Gasteiger partial charge is 0.226 e. The predicted octanol–water partition coefficient (Wildman–Crippen LogP) is 1.65. The molecule has 0 spiro atoms. The van der Waals surface area contributed by atoms with Gasteiger partial charge in [0.15, 0.2) is 0 Å². The summed E-state index contributed by atoms with van der Waals surface area (Å²) in [6, 6.07) is 6.68. The largest absolute Gasteiger partial charge is 0.508 e. The molecule has 1 unspecified atom stereocenters. The second-order valence-electron chi connectivity index (χ2n) is 4.17. The van der Waals surface area contributed by atoms with E-state index in [2.05, 4.69) is 0 Å². The Morgan fingerprint density at radius 1 is 1.56 bits per heavy atom. The Labute approximate surface area is 112 Å². The molecule has 5 heteroatoms. The molecule has 1 rings (SSSR count). The molecule has 0 radical (unpaired) electrons. The Kier molecular flexibility index (Phi) is 5.95. The second kappa shape index (κ2) is 7.24. The molecule has 1 aromatic rings. The van der Waals surface area contributed by atoms with E-state index in [4.69, 9.17) is 16.3 Å². The number of ether oxygens (including phenoxy) is 1. The number of benzene rings is 1. The Morgan fingerprint density at radius 3 is 2.89 bits per heavy atom. The Bertz CT molecular complexity index is 398. The van der Waals surface area contributed by atoms with E-state index in [0.29, 0.717) is 13.2 Å². The lowest BCUT2D eigenvalue weighted by molar-refractivity contribution is -0.129. The molecule has 1 amide bonds. The minimum absolute atomic E-state index is 0.0395. The number of nitrogens with zero attached hydrogens (tertiary/aromatic N) is 1. The molecule has 0 saturated heterocycles. The number of alkyl halides is 1. The number of methoxy groups -OCH3 is 1. The fourth-order valence-corrected chi connectivity index (χ4v) is 1.94. The maximum atomic E-state index is 11.9. The van der Waals surface area contributed by atoms with Crippen LogP contribution < -0.4 is 0 Å². The number of amides is 1. The molecule has 0 fully saturated rings.